The van der Waals surface area contributed by atoms with Crippen LogP contribution in [0.4, 0.5) is 4.79 Å². The number of nitrogens with one attached hydrogen (secondary N) is 1. The van der Waals surface area contributed by atoms with E-state index < -0.39 is 18.2 Å². The van der Waals surface area contributed by atoms with Gasteiger partial charge >= 0.3 is 6.09 Å². The van der Waals surface area contributed by atoms with Crippen molar-refractivity contribution in [2.75, 3.05) is 6.61 Å². The van der Waals surface area contributed by atoms with Crippen molar-refractivity contribution in [3.63, 3.8) is 0 Å². The van der Waals surface area contributed by atoms with E-state index in [0.29, 0.717) is 37.9 Å². The van der Waals surface area contributed by atoms with Crippen LogP contribution in [-0.2, 0) is 22.4 Å². The molecular weight excluding hydrogens is 462 g/mol. The monoisotopic (exact) mass is 495 g/mol. The fourth-order valence-electron chi connectivity index (χ4n) is 4.02. The molecule has 2 aromatic carbocycles. The van der Waals surface area contributed by atoms with Crippen LogP contribution in [-0.4, -0.2) is 39.9 Å². The molecule has 0 fully saturated rings. The third kappa shape index (κ3) is 7.81. The average molecular weight is 496 g/mol. The first-order valence-electron chi connectivity index (χ1n) is 11.9. The van der Waals surface area contributed by atoms with Gasteiger partial charge in [-0.05, 0) is 73.9 Å². The van der Waals surface area contributed by atoms with Crippen LogP contribution < -0.4 is 16.8 Å². The molecule has 0 unspecified atom stereocenters. The lowest BCUT2D eigenvalue weighted by molar-refractivity contribution is -0.123. The van der Waals surface area contributed by atoms with Crippen molar-refractivity contribution in [2.24, 2.45) is 11.5 Å². The van der Waals surface area contributed by atoms with Crippen LogP contribution in [0.1, 0.15) is 59.3 Å². The van der Waals surface area contributed by atoms with Crippen LogP contribution in [0.15, 0.2) is 47.0 Å². The maximum atomic E-state index is 13.0. The molecule has 0 aliphatic heterocycles. The van der Waals surface area contributed by atoms with Gasteiger partial charge in [-0.15, -0.1) is 0 Å². The van der Waals surface area contributed by atoms with Crippen molar-refractivity contribution in [2.45, 2.75) is 58.0 Å². The Morgan fingerprint density at radius 2 is 1.83 bits per heavy atom. The molecule has 3 aromatic rings. The molecule has 10 heteroatoms. The summed E-state index contributed by atoms with van der Waals surface area (Å²) in [6.45, 7) is 3.92. The highest BCUT2D eigenvalue weighted by Gasteiger charge is 2.25. The number of nitrogens with two attached hydrogens (primary N) is 2. The van der Waals surface area contributed by atoms with E-state index in [9.17, 15) is 14.7 Å². The minimum absolute atomic E-state index is 0.176. The Balaban J connectivity index is 1.69. The van der Waals surface area contributed by atoms with Crippen LogP contribution in [0.3, 0.4) is 0 Å². The van der Waals surface area contributed by atoms with E-state index in [4.69, 9.17) is 20.7 Å². The molecule has 1 aromatic heterocycles. The summed E-state index contributed by atoms with van der Waals surface area (Å²) >= 11 is 0. The number of rotatable bonds is 12. The van der Waals surface area contributed by atoms with Gasteiger partial charge in [-0.25, -0.2) is 4.79 Å². The number of hydrogen-bond donors (Lipinski definition) is 4. The zero-order chi connectivity index (χ0) is 26.1. The first kappa shape index (κ1) is 26.7. The van der Waals surface area contributed by atoms with E-state index in [1.165, 1.54) is 0 Å². The standard InChI is InChI=1S/C26H33N5O5/c1-16-12-19(32)13-17(2)20(16)15-21(27)24(33)29-22(10-6-7-11-35-26(28)34)25-30-23(31-36-25)14-18-8-4-3-5-9-18/h3-5,8-9,12-13,21-22,32H,6-7,10-11,14-15,27H2,1-2H3,(H2,28,34)(H,29,33)/t21-,22+/m1/s1. The minimum atomic E-state index is -0.826. The molecule has 10 nitrogen and oxygen atoms in total. The minimum Gasteiger partial charge on any atom is -0.508 e. The fourth-order valence-corrected chi connectivity index (χ4v) is 4.02. The molecule has 3 rings (SSSR count). The number of aryl methyl sites for hydroxylation is 2. The number of benzene rings is 2. The van der Waals surface area contributed by atoms with Gasteiger partial charge in [0.2, 0.25) is 11.8 Å². The number of nitrogens with zero attached hydrogens (tertiary/aromatic N) is 2. The second kappa shape index (κ2) is 12.7. The number of carbonyl (C=O) groups excluding carboxylic acids is 2. The number of primary amides is 1. The molecule has 0 saturated carbocycles. The van der Waals surface area contributed by atoms with Gasteiger partial charge in [0.1, 0.15) is 11.8 Å². The van der Waals surface area contributed by atoms with Crippen LogP contribution in [0.25, 0.3) is 0 Å². The first-order valence-corrected chi connectivity index (χ1v) is 11.9. The molecule has 0 aliphatic carbocycles. The number of amides is 2. The van der Waals surface area contributed by atoms with E-state index in [1.54, 1.807) is 12.1 Å². The van der Waals surface area contributed by atoms with Crippen molar-refractivity contribution in [3.8, 4) is 5.75 Å². The Labute approximate surface area is 210 Å². The summed E-state index contributed by atoms with van der Waals surface area (Å²) in [6.07, 6.45) is 1.62. The number of phenolic OH excluding ortho intramolecular Hbond substituents is 1. The van der Waals surface area contributed by atoms with E-state index in [-0.39, 0.29) is 24.2 Å². The zero-order valence-corrected chi connectivity index (χ0v) is 20.6. The number of aromatic nitrogens is 2. The van der Waals surface area contributed by atoms with Crippen molar-refractivity contribution in [1.82, 2.24) is 15.5 Å². The van der Waals surface area contributed by atoms with Crippen molar-refractivity contribution in [1.29, 1.82) is 0 Å². The lowest BCUT2D eigenvalue weighted by Gasteiger charge is -2.20. The SMILES string of the molecule is Cc1cc(O)cc(C)c1C[C@@H](N)C(=O)N[C@@H](CCCCOC(N)=O)c1nc(Cc2ccccc2)no1. The molecule has 192 valence electrons. The smallest absolute Gasteiger partial charge is 0.404 e. The first-order chi connectivity index (χ1) is 17.2. The topological polar surface area (TPSA) is 167 Å². The highest BCUT2D eigenvalue weighted by atomic mass is 16.5. The summed E-state index contributed by atoms with van der Waals surface area (Å²) in [5.74, 6) is 0.611. The molecule has 0 radical (unpaired) electrons. The van der Waals surface area contributed by atoms with Crippen molar-refractivity contribution < 1.29 is 24.0 Å². The Hall–Kier alpha value is -3.92. The van der Waals surface area contributed by atoms with Crippen LogP contribution in [0.5, 0.6) is 5.75 Å². The third-order valence-electron chi connectivity index (χ3n) is 5.88. The summed E-state index contributed by atoms with van der Waals surface area (Å²) in [4.78, 5) is 28.3. The number of ether oxygens (including phenoxy) is 1. The van der Waals surface area contributed by atoms with Gasteiger partial charge in [-0.1, -0.05) is 35.5 Å². The molecule has 0 aliphatic rings. The number of unbranched alkanes of at least 4 members (excludes halogenated alkanes) is 1. The van der Waals surface area contributed by atoms with E-state index in [1.807, 2.05) is 44.2 Å². The Morgan fingerprint density at radius 1 is 1.14 bits per heavy atom. The maximum Gasteiger partial charge on any atom is 0.404 e. The van der Waals surface area contributed by atoms with Gasteiger partial charge in [-0.3, -0.25) is 4.79 Å². The lowest BCUT2D eigenvalue weighted by atomic mass is 9.95. The molecule has 2 amide bonds. The molecule has 0 spiro atoms. The van der Waals surface area contributed by atoms with Crippen LogP contribution in [0, 0.1) is 13.8 Å². The Morgan fingerprint density at radius 3 is 2.50 bits per heavy atom. The van der Waals surface area contributed by atoms with Gasteiger partial charge in [0, 0.05) is 6.42 Å². The van der Waals surface area contributed by atoms with Crippen LogP contribution in [0.2, 0.25) is 0 Å². The highest BCUT2D eigenvalue weighted by molar-refractivity contribution is 5.82. The third-order valence-corrected chi connectivity index (χ3v) is 5.88. The Bertz CT molecular complexity index is 1140. The van der Waals surface area contributed by atoms with Gasteiger partial charge < -0.3 is 31.2 Å². The summed E-state index contributed by atoms with van der Waals surface area (Å²) in [5.41, 5.74) is 14.9. The van der Waals surface area contributed by atoms with Crippen molar-refractivity contribution in [3.05, 3.63) is 76.4 Å². The molecule has 2 atom stereocenters. The summed E-state index contributed by atoms with van der Waals surface area (Å²) < 4.78 is 10.3. The normalized spacial score (nSPS) is 12.6. The Kier molecular flexibility index (Phi) is 9.40. The summed E-state index contributed by atoms with van der Waals surface area (Å²) in [6, 6.07) is 11.7. The predicted octanol–water partition coefficient (Wildman–Crippen LogP) is 2.98. The van der Waals surface area contributed by atoms with Gasteiger partial charge in [0.15, 0.2) is 5.82 Å². The summed E-state index contributed by atoms with van der Waals surface area (Å²) in [5, 5.41) is 16.8. The van der Waals surface area contributed by atoms with E-state index in [2.05, 4.69) is 15.5 Å². The lowest BCUT2D eigenvalue weighted by Crippen LogP contribution is -2.43. The average Bonchev–Trinajstić information content (AvgIpc) is 3.28. The fraction of sp³-hybridized carbons (Fsp3) is 0.385. The number of carbonyl (C=O) groups is 2. The molecule has 1 heterocycles. The van der Waals surface area contributed by atoms with Gasteiger partial charge in [0.05, 0.1) is 12.6 Å². The quantitative estimate of drug-likeness (QED) is 0.278. The van der Waals surface area contributed by atoms with Crippen molar-refractivity contribution >= 4 is 12.0 Å². The zero-order valence-electron chi connectivity index (χ0n) is 20.6. The molecule has 6 N–H and O–H groups in total. The molecule has 36 heavy (non-hydrogen) atoms. The molecular formula is C26H33N5O5. The number of hydrogen-bond acceptors (Lipinski definition) is 8. The second-order valence-electron chi connectivity index (χ2n) is 8.80. The van der Waals surface area contributed by atoms with Gasteiger partial charge in [0.25, 0.3) is 0 Å². The van der Waals surface area contributed by atoms with Gasteiger partial charge in [-0.2, -0.15) is 4.98 Å². The van der Waals surface area contributed by atoms with Crippen LogP contribution >= 0.6 is 0 Å². The molecule has 0 bridgehead atoms. The number of aromatic hydroxyl groups is 1. The largest absolute Gasteiger partial charge is 0.508 e. The molecule has 0 saturated heterocycles. The second-order valence-corrected chi connectivity index (χ2v) is 8.80. The highest BCUT2D eigenvalue weighted by Crippen LogP contribution is 2.23. The number of phenols is 1. The van der Waals surface area contributed by atoms with E-state index in [0.717, 1.165) is 22.3 Å². The van der Waals surface area contributed by atoms with E-state index >= 15 is 0 Å². The maximum absolute atomic E-state index is 13.0. The predicted molar refractivity (Wildman–Crippen MR) is 133 cm³/mol. The summed E-state index contributed by atoms with van der Waals surface area (Å²) in [7, 11) is 0.